The summed E-state index contributed by atoms with van der Waals surface area (Å²) in [7, 11) is 1.89. The van der Waals surface area contributed by atoms with Gasteiger partial charge in [-0.15, -0.1) is 0 Å². The number of nitrogens with zero attached hydrogens (tertiary/aromatic N) is 4. The highest BCUT2D eigenvalue weighted by atomic mass is 35.5. The van der Waals surface area contributed by atoms with Crippen molar-refractivity contribution in [1.29, 1.82) is 0 Å². The molecule has 2 aromatic rings. The van der Waals surface area contributed by atoms with Gasteiger partial charge in [0.25, 0.3) is 0 Å². The molecule has 7 nitrogen and oxygen atoms in total. The van der Waals surface area contributed by atoms with Gasteiger partial charge in [0.15, 0.2) is 5.82 Å². The summed E-state index contributed by atoms with van der Waals surface area (Å²) in [6.07, 6.45) is 11.1. The Labute approximate surface area is 165 Å². The molecule has 1 spiro atoms. The summed E-state index contributed by atoms with van der Waals surface area (Å²) in [5.74, 6) is 1.24. The first-order valence-electron chi connectivity index (χ1n) is 9.80. The second kappa shape index (κ2) is 7.64. The molecule has 1 saturated heterocycles. The molecular weight excluding hydrogens is 362 g/mol. The minimum Gasteiger partial charge on any atom is -0.366 e. The number of hydrogen-bond donors (Lipinski definition) is 3. The molecule has 3 N–H and O–H groups in total. The van der Waals surface area contributed by atoms with Crippen LogP contribution >= 0.6 is 11.6 Å². The number of nitrogens with one attached hydrogen (secondary N) is 3. The molecule has 8 heteroatoms. The van der Waals surface area contributed by atoms with Crippen molar-refractivity contribution in [3.05, 3.63) is 23.1 Å². The van der Waals surface area contributed by atoms with Gasteiger partial charge in [-0.1, -0.05) is 11.6 Å². The van der Waals surface area contributed by atoms with Gasteiger partial charge in [0.2, 0.25) is 5.95 Å². The number of rotatable bonds is 4. The van der Waals surface area contributed by atoms with Crippen LogP contribution in [0.1, 0.15) is 44.2 Å². The maximum atomic E-state index is 6.36. The fourth-order valence-corrected chi connectivity index (χ4v) is 4.54. The van der Waals surface area contributed by atoms with Crippen LogP contribution in [-0.4, -0.2) is 38.9 Å². The van der Waals surface area contributed by atoms with Gasteiger partial charge in [0.1, 0.15) is 5.02 Å². The quantitative estimate of drug-likeness (QED) is 0.740. The molecule has 2 aromatic heterocycles. The summed E-state index contributed by atoms with van der Waals surface area (Å²) >= 11 is 6.36. The van der Waals surface area contributed by atoms with E-state index in [1.165, 1.54) is 51.6 Å². The largest absolute Gasteiger partial charge is 0.366 e. The summed E-state index contributed by atoms with van der Waals surface area (Å²) < 4.78 is 1.77. The van der Waals surface area contributed by atoms with Crippen molar-refractivity contribution in [3.63, 3.8) is 0 Å². The molecule has 0 aromatic carbocycles. The van der Waals surface area contributed by atoms with E-state index in [0.29, 0.717) is 28.2 Å². The molecule has 3 heterocycles. The predicted molar refractivity (Wildman–Crippen MR) is 109 cm³/mol. The van der Waals surface area contributed by atoms with Crippen LogP contribution in [0.15, 0.2) is 12.4 Å². The SMILES string of the molecule is Cc1nn(C)cc1Nc1ncc(Cl)c(NC2CCC3(CCNCC3)CC2)n1. The molecule has 0 atom stereocenters. The molecule has 0 amide bonds. The molecule has 2 aliphatic rings. The Balaban J connectivity index is 1.41. The van der Waals surface area contributed by atoms with Gasteiger partial charge in [-0.2, -0.15) is 10.1 Å². The number of piperidine rings is 1. The molecule has 4 rings (SSSR count). The molecular formula is C19H28ClN7. The van der Waals surface area contributed by atoms with Crippen LogP contribution in [-0.2, 0) is 7.05 Å². The molecule has 1 saturated carbocycles. The van der Waals surface area contributed by atoms with Crippen LogP contribution < -0.4 is 16.0 Å². The minimum atomic E-state index is 0.422. The van der Waals surface area contributed by atoms with Gasteiger partial charge in [-0.3, -0.25) is 4.68 Å². The molecule has 2 fully saturated rings. The molecule has 0 radical (unpaired) electrons. The average molecular weight is 390 g/mol. The summed E-state index contributed by atoms with van der Waals surface area (Å²) in [6, 6.07) is 0.422. The Hall–Kier alpha value is -1.86. The van der Waals surface area contributed by atoms with Crippen molar-refractivity contribution >= 4 is 29.1 Å². The zero-order chi connectivity index (χ0) is 18.9. The van der Waals surface area contributed by atoms with Gasteiger partial charge in [0, 0.05) is 19.3 Å². The topological polar surface area (TPSA) is 79.7 Å². The molecule has 27 heavy (non-hydrogen) atoms. The first kappa shape index (κ1) is 18.5. The third kappa shape index (κ3) is 4.19. The fourth-order valence-electron chi connectivity index (χ4n) is 4.40. The lowest BCUT2D eigenvalue weighted by Crippen LogP contribution is -2.41. The third-order valence-corrected chi connectivity index (χ3v) is 6.33. The zero-order valence-electron chi connectivity index (χ0n) is 16.1. The van der Waals surface area contributed by atoms with Crippen LogP contribution in [0.2, 0.25) is 5.02 Å². The zero-order valence-corrected chi connectivity index (χ0v) is 16.8. The van der Waals surface area contributed by atoms with E-state index < -0.39 is 0 Å². The lowest BCUT2D eigenvalue weighted by atomic mass is 9.67. The number of anilines is 3. The van der Waals surface area contributed by atoms with E-state index in [0.717, 1.165) is 11.4 Å². The van der Waals surface area contributed by atoms with Crippen molar-refractivity contribution in [3.8, 4) is 0 Å². The van der Waals surface area contributed by atoms with Gasteiger partial charge >= 0.3 is 0 Å². The van der Waals surface area contributed by atoms with Crippen LogP contribution in [0, 0.1) is 12.3 Å². The van der Waals surface area contributed by atoms with E-state index in [1.54, 1.807) is 10.9 Å². The smallest absolute Gasteiger partial charge is 0.229 e. The molecule has 1 aliphatic heterocycles. The average Bonchev–Trinajstić information content (AvgIpc) is 2.98. The third-order valence-electron chi connectivity index (χ3n) is 6.06. The minimum absolute atomic E-state index is 0.422. The highest BCUT2D eigenvalue weighted by Gasteiger charge is 2.36. The van der Waals surface area contributed by atoms with E-state index in [9.17, 15) is 0 Å². The summed E-state index contributed by atoms with van der Waals surface area (Å²) in [6.45, 7) is 4.29. The summed E-state index contributed by atoms with van der Waals surface area (Å²) in [5.41, 5.74) is 2.37. The maximum absolute atomic E-state index is 6.36. The second-order valence-corrected chi connectivity index (χ2v) is 8.39. The Morgan fingerprint density at radius 2 is 1.96 bits per heavy atom. The Kier molecular flexibility index (Phi) is 5.23. The summed E-state index contributed by atoms with van der Waals surface area (Å²) in [4.78, 5) is 8.91. The van der Waals surface area contributed by atoms with Crippen molar-refractivity contribution in [2.45, 2.75) is 51.5 Å². The van der Waals surface area contributed by atoms with E-state index in [4.69, 9.17) is 11.6 Å². The molecule has 1 aliphatic carbocycles. The van der Waals surface area contributed by atoms with Crippen molar-refractivity contribution in [1.82, 2.24) is 25.1 Å². The van der Waals surface area contributed by atoms with E-state index in [1.807, 2.05) is 20.2 Å². The predicted octanol–water partition coefficient (Wildman–Crippen LogP) is 3.64. The van der Waals surface area contributed by atoms with Crippen LogP contribution in [0.25, 0.3) is 0 Å². The lowest BCUT2D eigenvalue weighted by Gasteiger charge is -2.43. The highest BCUT2D eigenvalue weighted by molar-refractivity contribution is 6.32. The van der Waals surface area contributed by atoms with E-state index >= 15 is 0 Å². The second-order valence-electron chi connectivity index (χ2n) is 7.99. The number of aromatic nitrogens is 4. The first-order valence-corrected chi connectivity index (χ1v) is 10.2. The van der Waals surface area contributed by atoms with Gasteiger partial charge in [-0.25, -0.2) is 4.98 Å². The van der Waals surface area contributed by atoms with Crippen molar-refractivity contribution < 1.29 is 0 Å². The fraction of sp³-hybridized carbons (Fsp3) is 0.632. The van der Waals surface area contributed by atoms with Crippen LogP contribution in [0.5, 0.6) is 0 Å². The Morgan fingerprint density at radius 3 is 2.63 bits per heavy atom. The maximum Gasteiger partial charge on any atom is 0.229 e. The van der Waals surface area contributed by atoms with Gasteiger partial charge in [0.05, 0.1) is 17.6 Å². The number of hydrogen-bond acceptors (Lipinski definition) is 6. The summed E-state index contributed by atoms with van der Waals surface area (Å²) in [5, 5.41) is 15.2. The molecule has 146 valence electrons. The Morgan fingerprint density at radius 1 is 1.22 bits per heavy atom. The van der Waals surface area contributed by atoms with Crippen molar-refractivity contribution in [2.75, 3.05) is 23.7 Å². The number of halogens is 1. The highest BCUT2D eigenvalue weighted by Crippen LogP contribution is 2.43. The lowest BCUT2D eigenvalue weighted by molar-refractivity contribution is 0.128. The monoisotopic (exact) mass is 389 g/mol. The van der Waals surface area contributed by atoms with Crippen LogP contribution in [0.3, 0.4) is 0 Å². The van der Waals surface area contributed by atoms with Gasteiger partial charge < -0.3 is 16.0 Å². The van der Waals surface area contributed by atoms with Crippen LogP contribution in [0.4, 0.5) is 17.5 Å². The normalized spacial score (nSPS) is 20.0. The number of aryl methyl sites for hydroxylation is 2. The molecule has 0 bridgehead atoms. The Bertz CT molecular complexity index is 787. The molecule has 0 unspecified atom stereocenters. The van der Waals surface area contributed by atoms with Crippen molar-refractivity contribution in [2.24, 2.45) is 12.5 Å². The first-order chi connectivity index (χ1) is 13.0. The van der Waals surface area contributed by atoms with Gasteiger partial charge in [-0.05, 0) is 64.0 Å². The van der Waals surface area contributed by atoms with E-state index in [-0.39, 0.29) is 0 Å². The van der Waals surface area contributed by atoms with E-state index in [2.05, 4.69) is 31.0 Å². The standard InChI is InChI=1S/C19H28ClN7/c1-13-16(12-27(2)26-13)24-18-22-11-15(20)17(25-18)23-14-3-5-19(6-4-14)7-9-21-10-8-19/h11-12,14,21H,3-10H2,1-2H3,(H2,22,23,24,25).